The number of hydrogen-bond acceptors (Lipinski definition) is 22. The molecule has 1 aromatic heterocycles. The van der Waals surface area contributed by atoms with Crippen molar-refractivity contribution in [3.05, 3.63) is 103 Å². The number of fused-ring (bicyclic) bond motifs is 14. The second-order valence-electron chi connectivity index (χ2n) is 22.1. The van der Waals surface area contributed by atoms with Gasteiger partial charge >= 0.3 is 23.7 Å². The molecule has 1 fully saturated rings. The van der Waals surface area contributed by atoms with Crippen LogP contribution >= 0.6 is 0 Å². The number of amides is 1. The number of nitrogen functional groups attached to an aromatic ring is 1. The molecule has 4 aliphatic rings. The summed E-state index contributed by atoms with van der Waals surface area (Å²) in [6.07, 6.45) is 2.33. The minimum absolute atomic E-state index is 0.0504. The summed E-state index contributed by atoms with van der Waals surface area (Å²) in [4.78, 5) is 92.2. The summed E-state index contributed by atoms with van der Waals surface area (Å²) < 4.78 is 41.2. The molecule has 23 heteroatoms. The number of methoxy groups -OCH3 is 1. The van der Waals surface area contributed by atoms with Crippen molar-refractivity contribution < 1.29 is 77.5 Å². The molecule has 4 aliphatic heterocycles. The number of ether oxygens (including phenoxy) is 6. The van der Waals surface area contributed by atoms with Gasteiger partial charge in [-0.1, -0.05) is 59.8 Å². The van der Waals surface area contributed by atoms with Crippen LogP contribution in [-0.2, 0) is 38.1 Å². The van der Waals surface area contributed by atoms with Gasteiger partial charge in [-0.3, -0.25) is 24.1 Å². The van der Waals surface area contributed by atoms with Gasteiger partial charge in [-0.15, -0.1) is 0 Å². The largest absolute Gasteiger partial charge is 0.507 e. The molecule has 0 aliphatic carbocycles. The number of piperazine rings is 1. The first-order valence-corrected chi connectivity index (χ1v) is 27.3. The average molecular weight is 1150 g/mol. The molecule has 9 unspecified atom stereocenters. The molecule has 83 heavy (non-hydrogen) atoms. The Morgan fingerprint density at radius 3 is 2.29 bits per heavy atom. The van der Waals surface area contributed by atoms with Gasteiger partial charge in [-0.25, -0.2) is 14.6 Å². The van der Waals surface area contributed by atoms with Crippen molar-refractivity contribution in [1.82, 2.24) is 9.88 Å². The third-order valence-corrected chi connectivity index (χ3v) is 15.6. The summed E-state index contributed by atoms with van der Waals surface area (Å²) in [5, 5.41) is 59.9. The van der Waals surface area contributed by atoms with Crippen LogP contribution in [0.1, 0.15) is 71.3 Å². The molecule has 5 heterocycles. The van der Waals surface area contributed by atoms with Crippen LogP contribution in [0.15, 0.2) is 80.5 Å². The smallest absolute Gasteiger partial charge is 0.344 e. The predicted octanol–water partition coefficient (Wildman–Crippen LogP) is 5.01. The number of nitrogens with zero attached hydrogens (tertiary/aromatic N) is 3. The Labute approximate surface area is 477 Å². The number of hydrogen-bond donors (Lipinski definition) is 7. The Morgan fingerprint density at radius 1 is 0.916 bits per heavy atom. The number of carbonyl (C=O) groups is 4. The Bertz CT molecular complexity index is 3640. The molecule has 9 rings (SSSR count). The molecule has 1 amide bonds. The van der Waals surface area contributed by atoms with Gasteiger partial charge in [0.25, 0.3) is 5.91 Å². The van der Waals surface area contributed by atoms with Crippen molar-refractivity contribution in [3.8, 4) is 17.2 Å². The lowest BCUT2D eigenvalue weighted by Crippen LogP contribution is -2.47. The van der Waals surface area contributed by atoms with Crippen molar-refractivity contribution in [2.45, 2.75) is 92.5 Å². The van der Waals surface area contributed by atoms with Gasteiger partial charge in [0.05, 0.1) is 40.8 Å². The number of benzene rings is 4. The standard InChI is InChI=1S/C60H71N5O18/c1-28(2)25-64-17-19-65(20-18-64)37-23-40(68)47-42(24-37)82-56-48(62-47)44-45-52(72)33(7)55-46(44)57(74)60(9,83-55)80-21-16-41(77-10)30(4)54(81-34(8)66)32(6)51(71)31(5)50(70)29(3)12-11-13-35(58(75)63-49(56)53(45)73)26-78-43(69)27-79-59(76)38-15-14-36(61)22-39(38)67/h11-16,21-24,28-32,41,50-51,54,67,70-72,74H,17-20,25-27,61H2,1-10H3,(H,63,75)/b12-11+,21-16+,35-13-. The number of anilines is 3. The monoisotopic (exact) mass is 1150 g/mol. The molecule has 0 spiro atoms. The van der Waals surface area contributed by atoms with Crippen LogP contribution in [0, 0.1) is 36.5 Å². The molecule has 0 radical (unpaired) electrons. The predicted molar refractivity (Wildman–Crippen MR) is 307 cm³/mol. The lowest BCUT2D eigenvalue weighted by molar-refractivity contribution is -0.160. The number of esters is 3. The van der Waals surface area contributed by atoms with E-state index in [1.54, 1.807) is 33.8 Å². The summed E-state index contributed by atoms with van der Waals surface area (Å²) in [5.74, 6) is -10.7. The molecule has 4 aromatic carbocycles. The zero-order valence-electron chi connectivity index (χ0n) is 47.9. The van der Waals surface area contributed by atoms with Gasteiger partial charge in [0, 0.05) is 118 Å². The van der Waals surface area contributed by atoms with Crippen LogP contribution in [0.5, 0.6) is 17.2 Å². The minimum Gasteiger partial charge on any atom is -0.507 e. The zero-order valence-corrected chi connectivity index (χ0v) is 47.9. The SMILES string of the molecule is COC1/C=C/OC2(C)Oc3c(C)c(O)c4c(=O)c(c5oc6cc(N7CCN(CC(C)C)CC7)cc(=O)c6nc5c4c3=C2O)NC(=O)/C(COC(=O)COC(=O)c2ccc(N)cc2O)=C\C=C\C(C)C(O)C(C)C(O)C(C)C(OC(C)=O)C1C. The molecule has 5 bridgehead atoms. The van der Waals surface area contributed by atoms with E-state index in [-0.39, 0.29) is 55.4 Å². The quantitative estimate of drug-likeness (QED) is 0.0318. The fraction of sp³-hybridized carbons (Fsp3) is 0.450. The zero-order chi connectivity index (χ0) is 60.5. The number of aromatic nitrogens is 1. The number of aliphatic hydroxyl groups is 3. The van der Waals surface area contributed by atoms with Gasteiger partial charge in [0.15, 0.2) is 29.0 Å². The summed E-state index contributed by atoms with van der Waals surface area (Å²) >= 11 is 0. The van der Waals surface area contributed by atoms with E-state index in [1.165, 1.54) is 76.6 Å². The number of nitrogens with two attached hydrogens (primary N) is 1. The maximum absolute atomic E-state index is 15.3. The van der Waals surface area contributed by atoms with Crippen molar-refractivity contribution in [2.24, 2.45) is 29.6 Å². The summed E-state index contributed by atoms with van der Waals surface area (Å²) in [6, 6.07) is 6.66. The van der Waals surface area contributed by atoms with Gasteiger partial charge in [-0.05, 0) is 31.1 Å². The average Bonchev–Trinajstić information content (AvgIpc) is 3.83. The van der Waals surface area contributed by atoms with Crippen molar-refractivity contribution in [3.63, 3.8) is 0 Å². The van der Waals surface area contributed by atoms with Crippen LogP contribution in [0.4, 0.5) is 17.1 Å². The summed E-state index contributed by atoms with van der Waals surface area (Å²) in [5.41, 5.74) is 2.45. The molecule has 0 saturated carbocycles. The number of carbonyl (C=O) groups excluding carboxylic acids is 4. The fourth-order valence-electron chi connectivity index (χ4n) is 11.0. The highest BCUT2D eigenvalue weighted by Gasteiger charge is 2.44. The third kappa shape index (κ3) is 12.4. The number of aromatic hydroxyl groups is 2. The number of allylic oxidation sites excluding steroid dienone is 2. The molecular formula is C60H71N5O18. The number of aliphatic hydroxyl groups excluding tert-OH is 3. The first kappa shape index (κ1) is 60.8. The molecule has 9 atom stereocenters. The molecule has 8 N–H and O–H groups in total. The highest BCUT2D eigenvalue weighted by Crippen LogP contribution is 2.42. The van der Waals surface area contributed by atoms with Crippen LogP contribution in [0.3, 0.4) is 0 Å². The van der Waals surface area contributed by atoms with E-state index in [2.05, 4.69) is 24.1 Å². The fourth-order valence-corrected chi connectivity index (χ4v) is 11.0. The van der Waals surface area contributed by atoms with Gasteiger partial charge < -0.3 is 74.3 Å². The number of nitrogens with one attached hydrogen (secondary N) is 1. The van der Waals surface area contributed by atoms with E-state index in [9.17, 15) is 49.5 Å². The van der Waals surface area contributed by atoms with Crippen LogP contribution in [0.25, 0.3) is 38.7 Å². The van der Waals surface area contributed by atoms with E-state index in [1.807, 2.05) is 4.90 Å². The van der Waals surface area contributed by atoms with Crippen molar-refractivity contribution in [1.29, 1.82) is 0 Å². The first-order valence-electron chi connectivity index (χ1n) is 27.3. The third-order valence-electron chi connectivity index (χ3n) is 15.6. The lowest BCUT2D eigenvalue weighted by atomic mass is 9.78. The first-order chi connectivity index (χ1) is 39.2. The molecule has 444 valence electrons. The van der Waals surface area contributed by atoms with E-state index in [0.29, 0.717) is 24.7 Å². The Balaban J connectivity index is 1.31. The maximum Gasteiger partial charge on any atom is 0.344 e. The highest BCUT2D eigenvalue weighted by molar-refractivity contribution is 6.17. The number of rotatable bonds is 10. The van der Waals surface area contributed by atoms with Crippen LogP contribution in [-0.4, -0.2) is 142 Å². The lowest BCUT2D eigenvalue weighted by Gasteiger charge is -2.38. The Hall–Kier alpha value is -8.25. The van der Waals surface area contributed by atoms with Gasteiger partial charge in [0.1, 0.15) is 46.7 Å². The van der Waals surface area contributed by atoms with E-state index in [0.717, 1.165) is 25.7 Å². The Kier molecular flexibility index (Phi) is 18.1. The summed E-state index contributed by atoms with van der Waals surface area (Å²) in [7, 11) is 1.41. The highest BCUT2D eigenvalue weighted by atomic mass is 16.7. The van der Waals surface area contributed by atoms with E-state index >= 15 is 4.79 Å². The molecule has 23 nitrogen and oxygen atoms in total. The van der Waals surface area contributed by atoms with E-state index < -0.39 is 136 Å². The number of phenolic OH excluding ortho intramolecular Hbond substituents is 2. The molecular weight excluding hydrogens is 1080 g/mol. The molecule has 1 saturated heterocycles. The minimum atomic E-state index is -2.09. The summed E-state index contributed by atoms with van der Waals surface area (Å²) in [6.45, 7) is 16.6. The van der Waals surface area contributed by atoms with Crippen LogP contribution < -0.4 is 36.8 Å². The van der Waals surface area contributed by atoms with Crippen LogP contribution in [0.2, 0.25) is 0 Å². The van der Waals surface area contributed by atoms with Gasteiger partial charge in [0.2, 0.25) is 10.9 Å². The second kappa shape index (κ2) is 24.7. The number of phenols is 2. The Morgan fingerprint density at radius 2 is 1.63 bits per heavy atom. The molecule has 5 aromatic rings. The van der Waals surface area contributed by atoms with E-state index in [4.69, 9.17) is 43.6 Å². The van der Waals surface area contributed by atoms with Gasteiger partial charge in [-0.2, -0.15) is 0 Å². The van der Waals surface area contributed by atoms with Crippen molar-refractivity contribution in [2.75, 3.05) is 69.0 Å². The van der Waals surface area contributed by atoms with Crippen molar-refractivity contribution >= 4 is 79.6 Å². The normalized spacial score (nSPS) is 26.1. The second-order valence-corrected chi connectivity index (χ2v) is 22.1. The maximum atomic E-state index is 15.3. The topological polar surface area (TPSA) is 330 Å².